The molecule has 0 aliphatic carbocycles. The number of carbonyl (C=O) groups excluding carboxylic acids is 1. The zero-order valence-electron chi connectivity index (χ0n) is 19.6. The molecule has 5 heterocycles. The summed E-state index contributed by atoms with van der Waals surface area (Å²) in [7, 11) is 1.69. The molecule has 11 heteroatoms. The van der Waals surface area contributed by atoms with Gasteiger partial charge in [-0.2, -0.15) is 5.10 Å². The highest BCUT2D eigenvalue weighted by Crippen LogP contribution is 2.45. The van der Waals surface area contributed by atoms with Gasteiger partial charge in [-0.25, -0.2) is 18.2 Å². The third-order valence-electron chi connectivity index (χ3n) is 7.04. The Labute approximate surface area is 204 Å². The van der Waals surface area contributed by atoms with Crippen molar-refractivity contribution in [3.05, 3.63) is 77.0 Å². The highest BCUT2D eigenvalue weighted by atomic mass is 19.2. The van der Waals surface area contributed by atoms with Crippen LogP contribution in [-0.2, 0) is 13.5 Å². The summed E-state index contributed by atoms with van der Waals surface area (Å²) in [5.41, 5.74) is 4.04. The van der Waals surface area contributed by atoms with Crippen LogP contribution in [0.4, 0.5) is 13.2 Å². The fourth-order valence-corrected chi connectivity index (χ4v) is 5.58. The van der Waals surface area contributed by atoms with Crippen molar-refractivity contribution in [3.8, 4) is 16.9 Å². The largest absolute Gasteiger partial charge is 0.325 e. The Kier molecular flexibility index (Phi) is 5.16. The summed E-state index contributed by atoms with van der Waals surface area (Å²) in [6.45, 7) is 1.83. The number of fused-ring (bicyclic) bond motifs is 4. The maximum absolute atomic E-state index is 14.0. The first-order valence-electron chi connectivity index (χ1n) is 11.7. The summed E-state index contributed by atoms with van der Waals surface area (Å²) in [5, 5.41) is 12.3. The standard InChI is InChI=1S/C25H22F3N7O/c1-13-6-16(34-11-29-30-12-34)10-20(31-13)25(36)35-15-4-3-5-21(35)23-17(9-15)24(33(2)32-23)14-7-18(26)22(28)19(27)8-14/h6-8,10-12,15,21H,3-5,9H2,1-2H3/t15-,21+/m1/s1. The van der Waals surface area contributed by atoms with E-state index in [2.05, 4.69) is 20.3 Å². The Morgan fingerprint density at radius 2 is 1.75 bits per heavy atom. The molecule has 1 amide bonds. The molecule has 2 aliphatic heterocycles. The van der Waals surface area contributed by atoms with E-state index in [4.69, 9.17) is 0 Å². The van der Waals surface area contributed by atoms with Crippen LogP contribution in [0, 0.1) is 24.4 Å². The van der Waals surface area contributed by atoms with E-state index in [1.807, 2.05) is 17.9 Å². The molecule has 4 aromatic rings. The number of amides is 1. The predicted octanol–water partition coefficient (Wildman–Crippen LogP) is 4.08. The molecule has 0 N–H and O–H groups in total. The molecule has 6 rings (SSSR count). The van der Waals surface area contributed by atoms with Crippen LogP contribution < -0.4 is 0 Å². The lowest BCUT2D eigenvalue weighted by Gasteiger charge is -2.45. The van der Waals surface area contributed by atoms with Crippen LogP contribution in [0.2, 0.25) is 0 Å². The summed E-state index contributed by atoms with van der Waals surface area (Å²) in [6, 6.07) is 5.13. The van der Waals surface area contributed by atoms with Gasteiger partial charge in [-0.1, -0.05) is 0 Å². The molecule has 36 heavy (non-hydrogen) atoms. The Balaban J connectivity index is 1.41. The molecule has 8 nitrogen and oxygen atoms in total. The zero-order valence-corrected chi connectivity index (χ0v) is 19.6. The van der Waals surface area contributed by atoms with Gasteiger partial charge in [0.15, 0.2) is 17.5 Å². The van der Waals surface area contributed by atoms with Crippen LogP contribution in [-0.4, -0.2) is 46.4 Å². The van der Waals surface area contributed by atoms with Crippen LogP contribution in [0.5, 0.6) is 0 Å². The second kappa shape index (κ2) is 8.28. The molecule has 0 saturated carbocycles. The second-order valence-corrected chi connectivity index (χ2v) is 9.33. The Bertz CT molecular complexity index is 1470. The Morgan fingerprint density at radius 3 is 2.47 bits per heavy atom. The monoisotopic (exact) mass is 493 g/mol. The summed E-state index contributed by atoms with van der Waals surface area (Å²) < 4.78 is 44.9. The number of rotatable bonds is 3. The van der Waals surface area contributed by atoms with Crippen molar-refractivity contribution in [1.29, 1.82) is 0 Å². The highest BCUT2D eigenvalue weighted by molar-refractivity contribution is 5.94. The van der Waals surface area contributed by atoms with E-state index in [-0.39, 0.29) is 23.6 Å². The number of hydrogen-bond donors (Lipinski definition) is 0. The molecule has 2 aliphatic rings. The number of hydrogen-bond acceptors (Lipinski definition) is 5. The van der Waals surface area contributed by atoms with Gasteiger partial charge in [-0.15, -0.1) is 10.2 Å². The number of halogens is 3. The number of aryl methyl sites for hydroxylation is 2. The molecule has 1 aromatic carbocycles. The van der Waals surface area contributed by atoms with E-state index in [1.165, 1.54) is 0 Å². The van der Waals surface area contributed by atoms with Gasteiger partial charge in [0.1, 0.15) is 18.3 Å². The molecular formula is C25H22F3N7O. The van der Waals surface area contributed by atoms with Crippen molar-refractivity contribution in [1.82, 2.24) is 34.4 Å². The third kappa shape index (κ3) is 3.49. The molecular weight excluding hydrogens is 471 g/mol. The SMILES string of the molecule is Cc1cc(-n2cnnc2)cc(C(=O)N2[C@@H]3CCC[C@H]2c2nn(C)c(-c4cc(F)c(F)c(F)c4)c2C3)n1. The van der Waals surface area contributed by atoms with E-state index in [1.54, 1.807) is 35.0 Å². The van der Waals surface area contributed by atoms with E-state index >= 15 is 0 Å². The molecule has 184 valence electrons. The van der Waals surface area contributed by atoms with Gasteiger partial charge in [0.05, 0.1) is 23.1 Å². The van der Waals surface area contributed by atoms with E-state index in [9.17, 15) is 18.0 Å². The Hall–Kier alpha value is -4.02. The van der Waals surface area contributed by atoms with Gasteiger partial charge in [0, 0.05) is 29.9 Å². The Morgan fingerprint density at radius 1 is 1.03 bits per heavy atom. The second-order valence-electron chi connectivity index (χ2n) is 9.33. The first-order valence-corrected chi connectivity index (χ1v) is 11.7. The molecule has 1 saturated heterocycles. The van der Waals surface area contributed by atoms with E-state index in [0.29, 0.717) is 35.6 Å². The number of benzene rings is 1. The van der Waals surface area contributed by atoms with Crippen molar-refractivity contribution >= 4 is 5.91 Å². The molecule has 2 bridgehead atoms. The summed E-state index contributed by atoms with van der Waals surface area (Å²) in [5.74, 6) is -4.19. The van der Waals surface area contributed by atoms with Crippen molar-refractivity contribution in [2.75, 3.05) is 0 Å². The molecule has 0 unspecified atom stereocenters. The molecule has 0 radical (unpaired) electrons. The average Bonchev–Trinajstić information content (AvgIpc) is 3.49. The lowest BCUT2D eigenvalue weighted by atomic mass is 9.81. The van der Waals surface area contributed by atoms with Crippen LogP contribution in [0.1, 0.15) is 52.7 Å². The number of aromatic nitrogens is 6. The maximum atomic E-state index is 14.0. The minimum atomic E-state index is -1.50. The minimum absolute atomic E-state index is 0.123. The fourth-order valence-electron chi connectivity index (χ4n) is 5.58. The number of piperidine rings is 1. The van der Waals surface area contributed by atoms with E-state index < -0.39 is 17.5 Å². The number of nitrogens with zero attached hydrogens (tertiary/aromatic N) is 7. The predicted molar refractivity (Wildman–Crippen MR) is 123 cm³/mol. The topological polar surface area (TPSA) is 81.7 Å². The maximum Gasteiger partial charge on any atom is 0.273 e. The van der Waals surface area contributed by atoms with Gasteiger partial charge in [-0.05, 0) is 56.9 Å². The smallest absolute Gasteiger partial charge is 0.273 e. The fraction of sp³-hybridized carbons (Fsp3) is 0.320. The van der Waals surface area contributed by atoms with Crippen molar-refractivity contribution in [3.63, 3.8) is 0 Å². The lowest BCUT2D eigenvalue weighted by molar-refractivity contribution is 0.0385. The van der Waals surface area contributed by atoms with Crippen molar-refractivity contribution in [2.24, 2.45) is 7.05 Å². The van der Waals surface area contributed by atoms with Crippen LogP contribution in [0.25, 0.3) is 16.9 Å². The number of carbonyl (C=O) groups is 1. The molecule has 3 aromatic heterocycles. The minimum Gasteiger partial charge on any atom is -0.325 e. The van der Waals surface area contributed by atoms with Gasteiger partial charge in [-0.3, -0.25) is 14.0 Å². The highest BCUT2D eigenvalue weighted by Gasteiger charge is 2.44. The van der Waals surface area contributed by atoms with Gasteiger partial charge >= 0.3 is 0 Å². The summed E-state index contributed by atoms with van der Waals surface area (Å²) in [6.07, 6.45) is 6.01. The van der Waals surface area contributed by atoms with E-state index in [0.717, 1.165) is 36.2 Å². The normalized spacial score (nSPS) is 18.9. The van der Waals surface area contributed by atoms with Crippen LogP contribution in [0.15, 0.2) is 36.9 Å². The first-order chi connectivity index (χ1) is 17.3. The lowest BCUT2D eigenvalue weighted by Crippen LogP contribution is -2.50. The quantitative estimate of drug-likeness (QED) is 0.402. The summed E-state index contributed by atoms with van der Waals surface area (Å²) in [4.78, 5) is 20.2. The first kappa shape index (κ1) is 22.4. The third-order valence-corrected chi connectivity index (χ3v) is 7.04. The van der Waals surface area contributed by atoms with Crippen LogP contribution in [0.3, 0.4) is 0 Å². The van der Waals surface area contributed by atoms with Crippen LogP contribution >= 0.6 is 0 Å². The number of pyridine rings is 1. The van der Waals surface area contributed by atoms with Gasteiger partial charge in [0.25, 0.3) is 5.91 Å². The van der Waals surface area contributed by atoms with Gasteiger partial charge in [0.2, 0.25) is 0 Å². The van der Waals surface area contributed by atoms with Gasteiger partial charge < -0.3 is 4.90 Å². The summed E-state index contributed by atoms with van der Waals surface area (Å²) >= 11 is 0. The zero-order chi connectivity index (χ0) is 25.1. The average molecular weight is 493 g/mol. The molecule has 2 atom stereocenters. The molecule has 1 fully saturated rings. The van der Waals surface area contributed by atoms with Crippen molar-refractivity contribution in [2.45, 2.75) is 44.7 Å². The van der Waals surface area contributed by atoms with Crippen molar-refractivity contribution < 1.29 is 18.0 Å². The molecule has 0 spiro atoms.